The van der Waals surface area contributed by atoms with Gasteiger partial charge in [0, 0.05) is 44.5 Å². The summed E-state index contributed by atoms with van der Waals surface area (Å²) in [6, 6.07) is 2.93. The molecule has 32 heavy (non-hydrogen) atoms. The number of likely N-dealkylation sites (tertiary alicyclic amines) is 1. The summed E-state index contributed by atoms with van der Waals surface area (Å²) in [6.45, 7) is 3.28. The third-order valence-corrected chi connectivity index (χ3v) is 5.20. The Hall–Kier alpha value is -2.73. The number of carbonyl (C=O) groups is 1. The van der Waals surface area contributed by atoms with Crippen LogP contribution in [0.5, 0.6) is 5.88 Å². The van der Waals surface area contributed by atoms with Crippen molar-refractivity contribution in [2.75, 3.05) is 19.7 Å². The van der Waals surface area contributed by atoms with Crippen LogP contribution in [0, 0.1) is 5.82 Å². The van der Waals surface area contributed by atoms with Crippen LogP contribution in [-0.2, 0) is 23.1 Å². The minimum Gasteiger partial charge on any atom is -0.475 e. The zero-order chi connectivity index (χ0) is 23.4. The van der Waals surface area contributed by atoms with E-state index >= 15 is 0 Å². The number of nitrogens with zero attached hydrogens (tertiary/aromatic N) is 4. The number of aryl methyl sites for hydroxylation is 1. The molecule has 176 valence electrons. The van der Waals surface area contributed by atoms with Crippen LogP contribution in [0.3, 0.4) is 0 Å². The Bertz CT molecular complexity index is 923. The first-order valence-electron chi connectivity index (χ1n) is 9.97. The third kappa shape index (κ3) is 6.39. The number of carboxylic acid groups (broad SMARTS) is 1. The van der Waals surface area contributed by atoms with Gasteiger partial charge < -0.3 is 14.6 Å². The Morgan fingerprint density at radius 2 is 2.19 bits per heavy atom. The van der Waals surface area contributed by atoms with Crippen molar-refractivity contribution < 1.29 is 36.9 Å². The Morgan fingerprint density at radius 1 is 1.44 bits per heavy atom. The van der Waals surface area contributed by atoms with Crippen molar-refractivity contribution in [1.29, 1.82) is 0 Å². The molecule has 2 aromatic heterocycles. The summed E-state index contributed by atoms with van der Waals surface area (Å²) in [7, 11) is 1.93. The van der Waals surface area contributed by atoms with Crippen molar-refractivity contribution >= 4 is 5.97 Å². The van der Waals surface area contributed by atoms with Gasteiger partial charge in [-0.15, -0.1) is 0 Å². The number of halogens is 4. The lowest BCUT2D eigenvalue weighted by molar-refractivity contribution is -0.192. The van der Waals surface area contributed by atoms with Crippen molar-refractivity contribution in [2.45, 2.75) is 43.7 Å². The molecule has 1 spiro atoms. The maximum absolute atomic E-state index is 13.7. The molecule has 8 nitrogen and oxygen atoms in total. The van der Waals surface area contributed by atoms with Gasteiger partial charge in [0.25, 0.3) is 5.88 Å². The molecule has 0 amide bonds. The molecule has 0 aliphatic carbocycles. The molecule has 2 aliphatic rings. The molecule has 0 unspecified atom stereocenters. The maximum Gasteiger partial charge on any atom is 0.490 e. The fraction of sp³-hybridized carbons (Fsp3) is 0.550. The molecule has 0 radical (unpaired) electrons. The van der Waals surface area contributed by atoms with Crippen LogP contribution in [0.15, 0.2) is 30.7 Å². The van der Waals surface area contributed by atoms with Gasteiger partial charge in [0.15, 0.2) is 5.82 Å². The second-order valence-corrected chi connectivity index (χ2v) is 7.87. The zero-order valence-corrected chi connectivity index (χ0v) is 17.4. The summed E-state index contributed by atoms with van der Waals surface area (Å²) in [5.41, 5.74) is 1.01. The number of piperidine rings is 1. The molecular formula is C20H24F4N4O4. The lowest BCUT2D eigenvalue weighted by Gasteiger charge is -2.39. The van der Waals surface area contributed by atoms with Gasteiger partial charge in [-0.2, -0.15) is 18.3 Å². The number of hydrogen-bond donors (Lipinski definition) is 1. The standard InChI is InChI=1S/C18H23FN4O2.C2HF3O2/c1-22-10-14(9-21-22)11-23-7-3-5-18(13-23)8-15(12-24-18)25-17-16(19)4-2-6-20-17;3-2(4,5)1(6)7/h2,4,6,9-10,15H,3,5,7-8,11-13H2,1H3;(H,6,7)/t15-,18-;/m0./s1. The van der Waals surface area contributed by atoms with E-state index in [0.717, 1.165) is 38.9 Å². The highest BCUT2D eigenvalue weighted by Crippen LogP contribution is 2.36. The predicted molar refractivity (Wildman–Crippen MR) is 103 cm³/mol. The summed E-state index contributed by atoms with van der Waals surface area (Å²) < 4.78 is 59.2. The quantitative estimate of drug-likeness (QED) is 0.702. The highest BCUT2D eigenvalue weighted by molar-refractivity contribution is 5.73. The molecule has 1 N–H and O–H groups in total. The Labute approximate surface area is 181 Å². The van der Waals surface area contributed by atoms with Crippen LogP contribution >= 0.6 is 0 Å². The van der Waals surface area contributed by atoms with E-state index < -0.39 is 18.0 Å². The molecule has 0 aromatic carbocycles. The van der Waals surface area contributed by atoms with Crippen molar-refractivity contribution in [3.63, 3.8) is 0 Å². The van der Waals surface area contributed by atoms with Gasteiger partial charge in [0.1, 0.15) is 6.10 Å². The number of carboxylic acids is 1. The summed E-state index contributed by atoms with van der Waals surface area (Å²) in [4.78, 5) is 15.3. The zero-order valence-electron chi connectivity index (χ0n) is 17.4. The second kappa shape index (κ2) is 9.82. The average Bonchev–Trinajstić information content (AvgIpc) is 3.29. The average molecular weight is 460 g/mol. The summed E-state index contributed by atoms with van der Waals surface area (Å²) in [5, 5.41) is 11.4. The van der Waals surface area contributed by atoms with E-state index in [0.29, 0.717) is 6.61 Å². The molecule has 0 bridgehead atoms. The van der Waals surface area contributed by atoms with Crippen LogP contribution < -0.4 is 4.74 Å². The summed E-state index contributed by atoms with van der Waals surface area (Å²) in [5.74, 6) is -3.12. The SMILES string of the molecule is Cn1cc(CN2CCC[C@]3(C[C@H](Oc4ncccc4F)CO3)C2)cn1.O=C(O)C(F)(F)F. The highest BCUT2D eigenvalue weighted by atomic mass is 19.4. The van der Waals surface area contributed by atoms with Crippen molar-refractivity contribution in [3.05, 3.63) is 42.1 Å². The minimum atomic E-state index is -5.08. The molecule has 2 aliphatic heterocycles. The molecule has 2 aromatic rings. The Kier molecular flexibility index (Phi) is 7.34. The molecule has 2 atom stereocenters. The van der Waals surface area contributed by atoms with Gasteiger partial charge in [-0.25, -0.2) is 14.2 Å². The van der Waals surface area contributed by atoms with E-state index in [1.54, 1.807) is 12.3 Å². The Balaban J connectivity index is 0.000000360. The van der Waals surface area contributed by atoms with Gasteiger partial charge in [-0.3, -0.25) is 9.58 Å². The summed E-state index contributed by atoms with van der Waals surface area (Å²) >= 11 is 0. The van der Waals surface area contributed by atoms with Crippen LogP contribution in [0.2, 0.25) is 0 Å². The van der Waals surface area contributed by atoms with E-state index in [1.807, 2.05) is 24.1 Å². The molecule has 0 saturated carbocycles. The molecule has 4 rings (SSSR count). The number of ether oxygens (including phenoxy) is 2. The molecule has 4 heterocycles. The number of alkyl halides is 3. The number of aliphatic carboxylic acids is 1. The number of rotatable bonds is 4. The van der Waals surface area contributed by atoms with Gasteiger partial charge in [-0.1, -0.05) is 0 Å². The largest absolute Gasteiger partial charge is 0.490 e. The topological polar surface area (TPSA) is 89.7 Å². The fourth-order valence-electron chi connectivity index (χ4n) is 3.92. The van der Waals surface area contributed by atoms with E-state index in [1.165, 1.54) is 11.6 Å². The first kappa shape index (κ1) is 23.9. The van der Waals surface area contributed by atoms with Gasteiger partial charge in [-0.05, 0) is 31.5 Å². The van der Waals surface area contributed by atoms with E-state index in [2.05, 4.69) is 15.0 Å². The van der Waals surface area contributed by atoms with Crippen LogP contribution in [0.4, 0.5) is 17.6 Å². The monoisotopic (exact) mass is 460 g/mol. The number of aromatic nitrogens is 3. The second-order valence-electron chi connectivity index (χ2n) is 7.87. The van der Waals surface area contributed by atoms with E-state index in [9.17, 15) is 17.6 Å². The molecule has 2 fully saturated rings. The molecule has 2 saturated heterocycles. The van der Waals surface area contributed by atoms with Gasteiger partial charge in [0.05, 0.1) is 18.4 Å². The number of hydrogen-bond acceptors (Lipinski definition) is 6. The van der Waals surface area contributed by atoms with Crippen LogP contribution in [0.1, 0.15) is 24.8 Å². The van der Waals surface area contributed by atoms with Crippen LogP contribution in [-0.4, -0.2) is 68.3 Å². The minimum absolute atomic E-state index is 0.0659. The molecule has 12 heteroatoms. The van der Waals surface area contributed by atoms with E-state index in [4.69, 9.17) is 19.4 Å². The normalized spacial score (nSPS) is 23.6. The van der Waals surface area contributed by atoms with E-state index in [-0.39, 0.29) is 17.6 Å². The maximum atomic E-state index is 13.7. The first-order valence-corrected chi connectivity index (χ1v) is 9.97. The fourth-order valence-corrected chi connectivity index (χ4v) is 3.92. The highest BCUT2D eigenvalue weighted by Gasteiger charge is 2.44. The van der Waals surface area contributed by atoms with Crippen molar-refractivity contribution in [1.82, 2.24) is 19.7 Å². The first-order chi connectivity index (χ1) is 15.1. The van der Waals surface area contributed by atoms with Crippen molar-refractivity contribution in [3.8, 4) is 5.88 Å². The summed E-state index contributed by atoms with van der Waals surface area (Å²) in [6.07, 6.45) is 3.14. The van der Waals surface area contributed by atoms with Gasteiger partial charge in [0.2, 0.25) is 0 Å². The third-order valence-electron chi connectivity index (χ3n) is 5.20. The molecular weight excluding hydrogens is 436 g/mol. The number of pyridine rings is 1. The Morgan fingerprint density at radius 3 is 2.81 bits per heavy atom. The lowest BCUT2D eigenvalue weighted by atomic mass is 9.89. The predicted octanol–water partition coefficient (Wildman–Crippen LogP) is 2.79. The van der Waals surface area contributed by atoms with Gasteiger partial charge >= 0.3 is 12.1 Å². The van der Waals surface area contributed by atoms with Crippen molar-refractivity contribution in [2.24, 2.45) is 7.05 Å². The smallest absolute Gasteiger partial charge is 0.475 e. The van der Waals surface area contributed by atoms with Crippen LogP contribution in [0.25, 0.3) is 0 Å². The lowest BCUT2D eigenvalue weighted by Crippen LogP contribution is -2.47.